The molecule has 2 aromatic rings. The summed E-state index contributed by atoms with van der Waals surface area (Å²) in [7, 11) is 1.62. The smallest absolute Gasteiger partial charge is 0.242 e. The van der Waals surface area contributed by atoms with Crippen LogP contribution in [0.5, 0.6) is 5.75 Å². The third-order valence-electron chi connectivity index (χ3n) is 7.23. The summed E-state index contributed by atoms with van der Waals surface area (Å²) in [6.07, 6.45) is 2.51. The lowest BCUT2D eigenvalue weighted by Crippen LogP contribution is -2.60. The number of amides is 1. The SMILES string of the molecule is COc1ccc(C[C@@H](CN[C@@H](Cc2ccccc2)C(=O)[C@@]2(C)CO2)NC(=O)[C@@]2(CO)CCCN2)cc1. The molecule has 8 nitrogen and oxygen atoms in total. The molecular formula is C28H37N3O5. The second-order valence-electron chi connectivity index (χ2n) is 10.0. The van der Waals surface area contributed by atoms with E-state index in [2.05, 4.69) is 16.0 Å². The number of nitrogens with one attached hydrogen (secondary N) is 3. The van der Waals surface area contributed by atoms with Crippen LogP contribution in [-0.2, 0) is 27.2 Å². The number of aliphatic hydroxyl groups is 1. The molecule has 0 aliphatic carbocycles. The number of rotatable bonds is 13. The number of hydrogen-bond acceptors (Lipinski definition) is 7. The van der Waals surface area contributed by atoms with Crippen LogP contribution in [0.1, 0.15) is 30.9 Å². The van der Waals surface area contributed by atoms with E-state index in [0.717, 1.165) is 23.3 Å². The summed E-state index contributed by atoms with van der Waals surface area (Å²) >= 11 is 0. The second-order valence-corrected chi connectivity index (χ2v) is 10.0. The van der Waals surface area contributed by atoms with Gasteiger partial charge in [0.1, 0.15) is 16.9 Å². The lowest BCUT2D eigenvalue weighted by atomic mass is 9.94. The highest BCUT2D eigenvalue weighted by Crippen LogP contribution is 2.29. The minimum Gasteiger partial charge on any atom is -0.497 e. The Bertz CT molecular complexity index is 1020. The lowest BCUT2D eigenvalue weighted by Gasteiger charge is -2.30. The molecular weight excluding hydrogens is 458 g/mol. The molecule has 0 saturated carbocycles. The molecule has 0 unspecified atom stereocenters. The quantitative estimate of drug-likeness (QED) is 0.311. The van der Waals surface area contributed by atoms with Crippen molar-refractivity contribution in [2.75, 3.05) is 33.4 Å². The van der Waals surface area contributed by atoms with Crippen LogP contribution in [0.3, 0.4) is 0 Å². The second kappa shape index (κ2) is 11.5. The first-order chi connectivity index (χ1) is 17.4. The highest BCUT2D eigenvalue weighted by molar-refractivity contribution is 5.94. The molecule has 2 aromatic carbocycles. The van der Waals surface area contributed by atoms with Crippen molar-refractivity contribution in [1.82, 2.24) is 16.0 Å². The molecule has 194 valence electrons. The number of Topliss-reactive ketones (excluding diaryl/α,β-unsaturated/α-hetero) is 1. The van der Waals surface area contributed by atoms with Gasteiger partial charge in [0, 0.05) is 12.6 Å². The Morgan fingerprint density at radius 3 is 2.39 bits per heavy atom. The summed E-state index contributed by atoms with van der Waals surface area (Å²) in [5, 5.41) is 19.7. The molecule has 2 heterocycles. The van der Waals surface area contributed by atoms with Crippen molar-refractivity contribution >= 4 is 11.7 Å². The van der Waals surface area contributed by atoms with Gasteiger partial charge in [-0.25, -0.2) is 0 Å². The number of aliphatic hydroxyl groups excluding tert-OH is 1. The number of ketones is 1. The van der Waals surface area contributed by atoms with Crippen molar-refractivity contribution in [2.45, 2.75) is 55.8 Å². The van der Waals surface area contributed by atoms with Crippen LogP contribution in [-0.4, -0.2) is 73.4 Å². The Labute approximate surface area is 212 Å². The summed E-state index contributed by atoms with van der Waals surface area (Å²) in [4.78, 5) is 26.5. The van der Waals surface area contributed by atoms with Gasteiger partial charge in [-0.15, -0.1) is 0 Å². The molecule has 2 aliphatic rings. The molecule has 4 atom stereocenters. The first-order valence-electron chi connectivity index (χ1n) is 12.6. The normalized spacial score (nSPS) is 24.6. The molecule has 4 N–H and O–H groups in total. The topological polar surface area (TPSA) is 112 Å². The van der Waals surface area contributed by atoms with E-state index in [0.29, 0.717) is 39.0 Å². The van der Waals surface area contributed by atoms with Crippen LogP contribution < -0.4 is 20.7 Å². The number of hydrogen-bond donors (Lipinski definition) is 4. The Balaban J connectivity index is 1.50. The Morgan fingerprint density at radius 1 is 1.11 bits per heavy atom. The zero-order valence-corrected chi connectivity index (χ0v) is 21.1. The molecule has 0 aromatic heterocycles. The van der Waals surface area contributed by atoms with Gasteiger partial charge in [0.15, 0.2) is 5.78 Å². The van der Waals surface area contributed by atoms with E-state index in [1.165, 1.54) is 0 Å². The maximum Gasteiger partial charge on any atom is 0.242 e. The predicted octanol–water partition coefficient (Wildman–Crippen LogP) is 1.40. The number of methoxy groups -OCH3 is 1. The van der Waals surface area contributed by atoms with E-state index < -0.39 is 17.2 Å². The van der Waals surface area contributed by atoms with Crippen LogP contribution >= 0.6 is 0 Å². The van der Waals surface area contributed by atoms with E-state index >= 15 is 0 Å². The van der Waals surface area contributed by atoms with Gasteiger partial charge in [0.05, 0.1) is 26.4 Å². The fourth-order valence-corrected chi connectivity index (χ4v) is 4.76. The third-order valence-corrected chi connectivity index (χ3v) is 7.23. The number of benzene rings is 2. The number of carbonyl (C=O) groups is 2. The van der Waals surface area contributed by atoms with E-state index in [1.54, 1.807) is 7.11 Å². The van der Waals surface area contributed by atoms with Crippen molar-refractivity contribution in [1.29, 1.82) is 0 Å². The summed E-state index contributed by atoms with van der Waals surface area (Å²) in [5.74, 6) is 0.564. The van der Waals surface area contributed by atoms with Gasteiger partial charge in [-0.2, -0.15) is 0 Å². The average Bonchev–Trinajstić information content (AvgIpc) is 3.46. The first kappa shape index (κ1) is 26.3. The summed E-state index contributed by atoms with van der Waals surface area (Å²) in [6.45, 7) is 3.07. The Hall–Kier alpha value is -2.78. The van der Waals surface area contributed by atoms with Gasteiger partial charge >= 0.3 is 0 Å². The highest BCUT2D eigenvalue weighted by atomic mass is 16.6. The summed E-state index contributed by atoms with van der Waals surface area (Å²) < 4.78 is 10.7. The minimum atomic E-state index is -0.966. The van der Waals surface area contributed by atoms with E-state index in [9.17, 15) is 14.7 Å². The first-order valence-corrected chi connectivity index (χ1v) is 12.6. The summed E-state index contributed by atoms with van der Waals surface area (Å²) in [5.41, 5.74) is 0.365. The fraction of sp³-hybridized carbons (Fsp3) is 0.500. The molecule has 4 rings (SSSR count). The van der Waals surface area contributed by atoms with Crippen LogP contribution in [0, 0.1) is 0 Å². The molecule has 36 heavy (non-hydrogen) atoms. The maximum atomic E-state index is 13.3. The Kier molecular flexibility index (Phi) is 8.41. The highest BCUT2D eigenvalue weighted by Gasteiger charge is 2.49. The lowest BCUT2D eigenvalue weighted by molar-refractivity contribution is -0.129. The molecule has 0 bridgehead atoms. The minimum absolute atomic E-state index is 0.0187. The standard InChI is InChI=1S/C28H37N3O5/c1-27(19-36-27)25(33)24(16-20-7-4-3-5-8-20)29-17-22(15-21-9-11-23(35-2)12-10-21)31-26(34)28(18-32)13-6-14-30-28/h3-5,7-12,22,24,29-30,32H,6,13-19H2,1-2H3,(H,31,34)/t22-,24-,27+,28-/m0/s1. The van der Waals surface area contributed by atoms with Crippen LogP contribution in [0.25, 0.3) is 0 Å². The zero-order chi connectivity index (χ0) is 25.6. The molecule has 0 radical (unpaired) electrons. The van der Waals surface area contributed by atoms with Gasteiger partial charge in [-0.3, -0.25) is 9.59 Å². The van der Waals surface area contributed by atoms with Crippen LogP contribution in [0.4, 0.5) is 0 Å². The predicted molar refractivity (Wildman–Crippen MR) is 137 cm³/mol. The molecule has 2 fully saturated rings. The monoisotopic (exact) mass is 495 g/mol. The summed E-state index contributed by atoms with van der Waals surface area (Å²) in [6, 6.07) is 16.9. The molecule has 2 saturated heterocycles. The molecule has 8 heteroatoms. The molecule has 1 amide bonds. The third kappa shape index (κ3) is 6.31. The van der Waals surface area contributed by atoms with Gasteiger partial charge in [0.2, 0.25) is 5.91 Å². The van der Waals surface area contributed by atoms with Gasteiger partial charge in [0.25, 0.3) is 0 Å². The van der Waals surface area contributed by atoms with Crippen molar-refractivity contribution in [2.24, 2.45) is 0 Å². The largest absolute Gasteiger partial charge is 0.497 e. The van der Waals surface area contributed by atoms with Crippen molar-refractivity contribution < 1.29 is 24.2 Å². The van der Waals surface area contributed by atoms with E-state index in [4.69, 9.17) is 9.47 Å². The van der Waals surface area contributed by atoms with Crippen LogP contribution in [0.2, 0.25) is 0 Å². The maximum absolute atomic E-state index is 13.3. The van der Waals surface area contributed by atoms with Gasteiger partial charge in [-0.1, -0.05) is 42.5 Å². The molecule has 0 spiro atoms. The van der Waals surface area contributed by atoms with Crippen molar-refractivity contribution in [3.05, 3.63) is 65.7 Å². The van der Waals surface area contributed by atoms with E-state index in [-0.39, 0.29) is 24.3 Å². The van der Waals surface area contributed by atoms with Crippen LogP contribution in [0.15, 0.2) is 54.6 Å². The Morgan fingerprint density at radius 2 is 1.81 bits per heavy atom. The number of carbonyl (C=O) groups excluding carboxylic acids is 2. The fourth-order valence-electron chi connectivity index (χ4n) is 4.76. The van der Waals surface area contributed by atoms with Gasteiger partial charge < -0.3 is 30.5 Å². The average molecular weight is 496 g/mol. The number of ether oxygens (including phenoxy) is 2. The number of epoxide rings is 1. The van der Waals surface area contributed by atoms with E-state index in [1.807, 2.05) is 61.5 Å². The zero-order valence-electron chi connectivity index (χ0n) is 21.1. The van der Waals surface area contributed by atoms with Crippen molar-refractivity contribution in [3.63, 3.8) is 0 Å². The molecule has 2 aliphatic heterocycles. The van der Waals surface area contributed by atoms with Crippen molar-refractivity contribution in [3.8, 4) is 5.75 Å². The van der Waals surface area contributed by atoms with Gasteiger partial charge in [-0.05, 0) is 62.4 Å².